The Morgan fingerprint density at radius 1 is 1.29 bits per heavy atom. The van der Waals surface area contributed by atoms with Crippen LogP contribution in [-0.4, -0.2) is 49.1 Å². The van der Waals surface area contributed by atoms with Gasteiger partial charge in [0.05, 0.1) is 5.75 Å². The zero-order valence-electron chi connectivity index (χ0n) is 13.4. The molecule has 0 fully saturated rings. The molecule has 0 saturated heterocycles. The maximum atomic E-state index is 12.0. The number of nitrogens with one attached hydrogen (secondary N) is 1. The fraction of sp³-hybridized carbons (Fsp3) is 0.467. The SMILES string of the molecule is CCS(=O)(=O)CCC(NC(=O)C(C)Oc1ccc(Cl)cc1)C(=O)O. The van der Waals surface area contributed by atoms with Crippen molar-refractivity contribution in [2.24, 2.45) is 0 Å². The van der Waals surface area contributed by atoms with E-state index >= 15 is 0 Å². The van der Waals surface area contributed by atoms with E-state index in [2.05, 4.69) is 5.32 Å². The molecule has 0 spiro atoms. The highest BCUT2D eigenvalue weighted by Gasteiger charge is 2.25. The summed E-state index contributed by atoms with van der Waals surface area (Å²) < 4.78 is 28.3. The summed E-state index contributed by atoms with van der Waals surface area (Å²) in [5, 5.41) is 11.9. The van der Waals surface area contributed by atoms with Crippen molar-refractivity contribution in [3.63, 3.8) is 0 Å². The molecule has 0 aliphatic carbocycles. The van der Waals surface area contributed by atoms with Gasteiger partial charge in [-0.1, -0.05) is 18.5 Å². The molecule has 0 saturated carbocycles. The van der Waals surface area contributed by atoms with E-state index in [-0.39, 0.29) is 17.9 Å². The lowest BCUT2D eigenvalue weighted by Gasteiger charge is -2.19. The van der Waals surface area contributed by atoms with Crippen LogP contribution in [0.25, 0.3) is 0 Å². The molecule has 134 valence electrons. The van der Waals surface area contributed by atoms with Gasteiger partial charge in [-0.25, -0.2) is 13.2 Å². The van der Waals surface area contributed by atoms with Crippen LogP contribution in [0.4, 0.5) is 0 Å². The van der Waals surface area contributed by atoms with Gasteiger partial charge in [0.2, 0.25) is 0 Å². The summed E-state index contributed by atoms with van der Waals surface area (Å²) in [6.07, 6.45) is -1.15. The minimum atomic E-state index is -3.32. The van der Waals surface area contributed by atoms with Gasteiger partial charge in [0, 0.05) is 10.8 Å². The largest absolute Gasteiger partial charge is 0.481 e. The molecule has 0 heterocycles. The summed E-state index contributed by atoms with van der Waals surface area (Å²) in [6, 6.07) is 5.05. The summed E-state index contributed by atoms with van der Waals surface area (Å²) in [7, 11) is -3.32. The third kappa shape index (κ3) is 6.76. The lowest BCUT2D eigenvalue weighted by molar-refractivity contribution is -0.142. The smallest absolute Gasteiger partial charge is 0.326 e. The number of carboxylic acid groups (broad SMARTS) is 1. The van der Waals surface area contributed by atoms with Crippen LogP contribution in [0.2, 0.25) is 5.02 Å². The van der Waals surface area contributed by atoms with E-state index in [9.17, 15) is 18.0 Å². The van der Waals surface area contributed by atoms with Crippen molar-refractivity contribution in [3.05, 3.63) is 29.3 Å². The highest BCUT2D eigenvalue weighted by atomic mass is 35.5. The number of halogens is 1. The number of carbonyl (C=O) groups excluding carboxylic acids is 1. The first-order chi connectivity index (χ1) is 11.1. The highest BCUT2D eigenvalue weighted by molar-refractivity contribution is 7.91. The van der Waals surface area contributed by atoms with Gasteiger partial charge >= 0.3 is 5.97 Å². The van der Waals surface area contributed by atoms with E-state index in [0.29, 0.717) is 10.8 Å². The number of carbonyl (C=O) groups is 2. The molecule has 2 N–H and O–H groups in total. The van der Waals surface area contributed by atoms with Gasteiger partial charge in [0.15, 0.2) is 6.10 Å². The maximum Gasteiger partial charge on any atom is 0.326 e. The molecule has 1 aromatic carbocycles. The van der Waals surface area contributed by atoms with Crippen LogP contribution >= 0.6 is 11.6 Å². The second-order valence-corrected chi connectivity index (χ2v) is 8.05. The van der Waals surface area contributed by atoms with Crippen molar-refractivity contribution in [2.45, 2.75) is 32.4 Å². The Kier molecular flexibility index (Phi) is 7.50. The second-order valence-electron chi connectivity index (χ2n) is 5.14. The van der Waals surface area contributed by atoms with Crippen LogP contribution in [0, 0.1) is 0 Å². The summed E-state index contributed by atoms with van der Waals surface area (Å²) in [5.41, 5.74) is 0. The monoisotopic (exact) mass is 377 g/mol. The quantitative estimate of drug-likeness (QED) is 0.674. The predicted molar refractivity (Wildman–Crippen MR) is 90.1 cm³/mol. The number of sulfone groups is 1. The Bertz CT molecular complexity index is 674. The third-order valence-electron chi connectivity index (χ3n) is 3.27. The molecule has 2 atom stereocenters. The average Bonchev–Trinajstić information content (AvgIpc) is 2.53. The molecule has 1 rings (SSSR count). The molecule has 0 radical (unpaired) electrons. The number of aliphatic carboxylic acids is 1. The molecule has 1 amide bonds. The predicted octanol–water partition coefficient (Wildman–Crippen LogP) is 1.50. The lowest BCUT2D eigenvalue weighted by Crippen LogP contribution is -2.47. The first-order valence-corrected chi connectivity index (χ1v) is 9.50. The molecule has 24 heavy (non-hydrogen) atoms. The fourth-order valence-corrected chi connectivity index (χ4v) is 2.77. The van der Waals surface area contributed by atoms with Gasteiger partial charge < -0.3 is 15.2 Å². The van der Waals surface area contributed by atoms with Crippen LogP contribution in [0.1, 0.15) is 20.3 Å². The van der Waals surface area contributed by atoms with Crippen LogP contribution in [0.5, 0.6) is 5.75 Å². The maximum absolute atomic E-state index is 12.0. The van der Waals surface area contributed by atoms with Crippen LogP contribution in [-0.2, 0) is 19.4 Å². The Hall–Kier alpha value is -1.80. The van der Waals surface area contributed by atoms with E-state index in [1.807, 2.05) is 0 Å². The van der Waals surface area contributed by atoms with E-state index in [0.717, 1.165) is 0 Å². The summed E-state index contributed by atoms with van der Waals surface area (Å²) >= 11 is 5.75. The number of amides is 1. The Labute approximate surface area is 145 Å². The molecule has 0 aliphatic rings. The lowest BCUT2D eigenvalue weighted by atomic mass is 10.2. The van der Waals surface area contributed by atoms with Crippen LogP contribution in [0.3, 0.4) is 0 Å². The van der Waals surface area contributed by atoms with Gasteiger partial charge in [0.25, 0.3) is 5.91 Å². The molecule has 0 aliphatic heterocycles. The number of hydrogen-bond acceptors (Lipinski definition) is 5. The second kappa shape index (κ2) is 8.89. The molecule has 9 heteroatoms. The molecule has 7 nitrogen and oxygen atoms in total. The molecule has 0 aromatic heterocycles. The number of hydrogen-bond donors (Lipinski definition) is 2. The normalized spacial score (nSPS) is 13.8. The highest BCUT2D eigenvalue weighted by Crippen LogP contribution is 2.16. The number of rotatable bonds is 9. The van der Waals surface area contributed by atoms with Crippen LogP contribution in [0.15, 0.2) is 24.3 Å². The Morgan fingerprint density at radius 3 is 2.38 bits per heavy atom. The molecule has 2 unspecified atom stereocenters. The van der Waals surface area contributed by atoms with E-state index in [1.165, 1.54) is 13.8 Å². The summed E-state index contributed by atoms with van der Waals surface area (Å²) in [6.45, 7) is 2.94. The van der Waals surface area contributed by atoms with Crippen molar-refractivity contribution < 1.29 is 27.9 Å². The van der Waals surface area contributed by atoms with Crippen molar-refractivity contribution in [3.8, 4) is 5.75 Å². The van der Waals surface area contributed by atoms with Crippen molar-refractivity contribution >= 4 is 33.3 Å². The zero-order valence-corrected chi connectivity index (χ0v) is 14.9. The van der Waals surface area contributed by atoms with Crippen LogP contribution < -0.4 is 10.1 Å². The van der Waals surface area contributed by atoms with Gasteiger partial charge in [-0.3, -0.25) is 4.79 Å². The molecular formula is C15H20ClNO6S. The van der Waals surface area contributed by atoms with Crippen molar-refractivity contribution in [1.29, 1.82) is 0 Å². The van der Waals surface area contributed by atoms with E-state index in [4.69, 9.17) is 21.4 Å². The Morgan fingerprint density at radius 2 is 1.88 bits per heavy atom. The molecule has 0 bridgehead atoms. The minimum Gasteiger partial charge on any atom is -0.481 e. The average molecular weight is 378 g/mol. The topological polar surface area (TPSA) is 110 Å². The first-order valence-electron chi connectivity index (χ1n) is 7.30. The van der Waals surface area contributed by atoms with Gasteiger partial charge in [-0.15, -0.1) is 0 Å². The minimum absolute atomic E-state index is 0.0800. The number of benzene rings is 1. The van der Waals surface area contributed by atoms with Gasteiger partial charge in [0.1, 0.15) is 21.6 Å². The van der Waals surface area contributed by atoms with Gasteiger partial charge in [-0.2, -0.15) is 0 Å². The van der Waals surface area contributed by atoms with E-state index in [1.54, 1.807) is 24.3 Å². The number of ether oxygens (including phenoxy) is 1. The molecular weight excluding hydrogens is 358 g/mol. The summed E-state index contributed by atoms with van der Waals surface area (Å²) in [4.78, 5) is 23.2. The summed E-state index contributed by atoms with van der Waals surface area (Å²) in [5.74, 6) is -1.93. The fourth-order valence-electron chi connectivity index (χ4n) is 1.76. The van der Waals surface area contributed by atoms with Crippen molar-refractivity contribution in [2.75, 3.05) is 11.5 Å². The standard InChI is InChI=1S/C15H20ClNO6S/c1-3-24(21,22)9-8-13(15(19)20)17-14(18)10(2)23-12-6-4-11(16)5-7-12/h4-7,10,13H,3,8-9H2,1-2H3,(H,17,18)(H,19,20). The first kappa shape index (κ1) is 20.2. The van der Waals surface area contributed by atoms with E-state index < -0.39 is 33.9 Å². The zero-order chi connectivity index (χ0) is 18.3. The van der Waals surface area contributed by atoms with Crippen molar-refractivity contribution in [1.82, 2.24) is 5.32 Å². The molecule has 1 aromatic rings. The number of carboxylic acids is 1. The Balaban J connectivity index is 2.63. The third-order valence-corrected chi connectivity index (χ3v) is 5.26. The van der Waals surface area contributed by atoms with Gasteiger partial charge in [-0.05, 0) is 37.6 Å².